The number of hydrogen-bond acceptors (Lipinski definition) is 4. The van der Waals surface area contributed by atoms with Crippen LogP contribution in [0.5, 0.6) is 0 Å². The molecule has 2 atom stereocenters. The molecule has 1 aliphatic rings. The lowest BCUT2D eigenvalue weighted by atomic mass is 10.2. The fraction of sp³-hybridized carbons (Fsp3) is 0.636. The van der Waals surface area contributed by atoms with Gasteiger partial charge in [0, 0.05) is 16.8 Å². The van der Waals surface area contributed by atoms with Gasteiger partial charge in [-0.3, -0.25) is 0 Å². The lowest BCUT2D eigenvalue weighted by Crippen LogP contribution is -2.20. The molecule has 1 aromatic rings. The number of aromatic nitrogens is 2. The first-order valence-corrected chi connectivity index (χ1v) is 8.83. The number of rotatable bonds is 2. The topological polar surface area (TPSA) is 25.8 Å². The van der Waals surface area contributed by atoms with E-state index in [9.17, 15) is 0 Å². The normalized spacial score (nSPS) is 24.9. The van der Waals surface area contributed by atoms with Gasteiger partial charge < -0.3 is 0 Å². The Morgan fingerprint density at radius 1 is 1.35 bits per heavy atom. The van der Waals surface area contributed by atoms with Gasteiger partial charge >= 0.3 is 0 Å². The minimum Gasteiger partial charge on any atom is -0.236 e. The van der Waals surface area contributed by atoms with Crippen molar-refractivity contribution in [2.24, 2.45) is 0 Å². The Hall–Kier alpha value is 0.550. The number of hydrogen-bond donors (Lipinski definition) is 0. The third-order valence-corrected chi connectivity index (χ3v) is 7.39. The molecule has 0 aliphatic carbocycles. The Kier molecular flexibility index (Phi) is 5.04. The van der Waals surface area contributed by atoms with Gasteiger partial charge in [0.05, 0.1) is 15.4 Å². The van der Waals surface area contributed by atoms with E-state index in [0.29, 0.717) is 15.7 Å². The highest BCUT2D eigenvalue weighted by Gasteiger charge is 2.29. The lowest BCUT2D eigenvalue weighted by molar-refractivity contribution is 0.744. The van der Waals surface area contributed by atoms with Crippen LogP contribution < -0.4 is 0 Å². The molecule has 0 spiro atoms. The Balaban J connectivity index is 2.32. The summed E-state index contributed by atoms with van der Waals surface area (Å²) in [5, 5.41) is 1.51. The SMILES string of the molecule is CCC1SCCSC1c1nc(C)c(Br)c(Cl)n1. The molecule has 0 radical (unpaired) electrons. The summed E-state index contributed by atoms with van der Waals surface area (Å²) in [6.45, 7) is 4.19. The minimum atomic E-state index is 0.378. The smallest absolute Gasteiger partial charge is 0.147 e. The summed E-state index contributed by atoms with van der Waals surface area (Å²) < 4.78 is 0.810. The van der Waals surface area contributed by atoms with Crippen molar-refractivity contribution in [2.75, 3.05) is 11.5 Å². The first kappa shape index (κ1) is 14.0. The molecular formula is C11H14BrClN2S2. The molecule has 17 heavy (non-hydrogen) atoms. The second kappa shape index (κ2) is 6.13. The van der Waals surface area contributed by atoms with Gasteiger partial charge in [-0.05, 0) is 29.3 Å². The summed E-state index contributed by atoms with van der Waals surface area (Å²) in [6.07, 6.45) is 1.15. The van der Waals surface area contributed by atoms with E-state index in [1.165, 1.54) is 11.5 Å². The van der Waals surface area contributed by atoms with E-state index < -0.39 is 0 Å². The molecule has 2 rings (SSSR count). The Bertz CT molecular complexity index is 393. The van der Waals surface area contributed by atoms with Crippen molar-refractivity contribution in [3.63, 3.8) is 0 Å². The van der Waals surface area contributed by atoms with Crippen LogP contribution >= 0.6 is 51.1 Å². The van der Waals surface area contributed by atoms with E-state index in [2.05, 4.69) is 32.8 Å². The zero-order valence-electron chi connectivity index (χ0n) is 9.74. The summed E-state index contributed by atoms with van der Waals surface area (Å²) in [7, 11) is 0. The first-order valence-electron chi connectivity index (χ1n) is 5.56. The molecule has 0 bridgehead atoms. The molecule has 0 N–H and O–H groups in total. The van der Waals surface area contributed by atoms with Gasteiger partial charge in [-0.15, -0.1) is 11.8 Å². The summed E-state index contributed by atoms with van der Waals surface area (Å²) in [4.78, 5) is 9.01. The van der Waals surface area contributed by atoms with Crippen LogP contribution in [0.4, 0.5) is 0 Å². The van der Waals surface area contributed by atoms with Crippen molar-refractivity contribution >= 4 is 51.1 Å². The standard InChI is InChI=1S/C11H14BrClN2S2/c1-3-7-9(17-5-4-16-7)11-14-6(2)8(12)10(13)15-11/h7,9H,3-5H2,1-2H3. The third-order valence-electron chi connectivity index (χ3n) is 2.70. The van der Waals surface area contributed by atoms with Gasteiger partial charge in [-0.25, -0.2) is 9.97 Å². The average Bonchev–Trinajstić information content (AvgIpc) is 2.35. The quantitative estimate of drug-likeness (QED) is 0.731. The maximum atomic E-state index is 6.12. The molecule has 0 aromatic carbocycles. The van der Waals surface area contributed by atoms with Gasteiger partial charge in [0.15, 0.2) is 0 Å². The van der Waals surface area contributed by atoms with E-state index in [4.69, 9.17) is 11.6 Å². The van der Waals surface area contributed by atoms with Gasteiger partial charge in [-0.1, -0.05) is 18.5 Å². The van der Waals surface area contributed by atoms with Crippen molar-refractivity contribution in [1.82, 2.24) is 9.97 Å². The van der Waals surface area contributed by atoms with Gasteiger partial charge in [-0.2, -0.15) is 11.8 Å². The van der Waals surface area contributed by atoms with Crippen LogP contribution in [0.3, 0.4) is 0 Å². The largest absolute Gasteiger partial charge is 0.236 e. The molecule has 1 aromatic heterocycles. The molecule has 1 aliphatic heterocycles. The van der Waals surface area contributed by atoms with E-state index in [1.54, 1.807) is 0 Å². The Labute approximate surface area is 124 Å². The fourth-order valence-corrected chi connectivity index (χ4v) is 5.21. The predicted molar refractivity (Wildman–Crippen MR) is 81.2 cm³/mol. The highest BCUT2D eigenvalue weighted by atomic mass is 79.9. The Morgan fingerprint density at radius 2 is 2.06 bits per heavy atom. The molecule has 2 nitrogen and oxygen atoms in total. The second-order valence-corrected chi connectivity index (χ2v) is 7.63. The van der Waals surface area contributed by atoms with E-state index in [1.807, 2.05) is 30.4 Å². The molecule has 0 saturated carbocycles. The van der Waals surface area contributed by atoms with E-state index >= 15 is 0 Å². The van der Waals surface area contributed by atoms with Crippen molar-refractivity contribution in [3.05, 3.63) is 21.1 Å². The monoisotopic (exact) mass is 352 g/mol. The molecule has 1 fully saturated rings. The second-order valence-electron chi connectivity index (χ2n) is 3.88. The zero-order chi connectivity index (χ0) is 12.4. The van der Waals surface area contributed by atoms with Gasteiger partial charge in [0.2, 0.25) is 0 Å². The number of halogens is 2. The van der Waals surface area contributed by atoms with Crippen LogP contribution in [0.25, 0.3) is 0 Å². The average molecular weight is 354 g/mol. The Morgan fingerprint density at radius 3 is 2.71 bits per heavy atom. The highest BCUT2D eigenvalue weighted by Crippen LogP contribution is 2.43. The van der Waals surface area contributed by atoms with Crippen LogP contribution in [-0.2, 0) is 0 Å². The van der Waals surface area contributed by atoms with Crippen LogP contribution in [0.2, 0.25) is 5.15 Å². The molecular weight excluding hydrogens is 340 g/mol. The highest BCUT2D eigenvalue weighted by molar-refractivity contribution is 9.10. The summed E-state index contributed by atoms with van der Waals surface area (Å²) in [5.74, 6) is 3.28. The van der Waals surface area contributed by atoms with Crippen molar-refractivity contribution in [2.45, 2.75) is 30.8 Å². The molecule has 94 valence electrons. The number of aryl methyl sites for hydroxylation is 1. The minimum absolute atomic E-state index is 0.378. The first-order chi connectivity index (χ1) is 8.13. The fourth-order valence-electron chi connectivity index (χ4n) is 1.81. The van der Waals surface area contributed by atoms with Crippen LogP contribution in [0.15, 0.2) is 4.47 Å². The van der Waals surface area contributed by atoms with Crippen LogP contribution in [-0.4, -0.2) is 26.7 Å². The molecule has 2 unspecified atom stereocenters. The van der Waals surface area contributed by atoms with Crippen molar-refractivity contribution in [1.29, 1.82) is 0 Å². The van der Waals surface area contributed by atoms with Crippen LogP contribution in [0.1, 0.15) is 30.1 Å². The summed E-state index contributed by atoms with van der Waals surface area (Å²) >= 11 is 13.5. The summed E-state index contributed by atoms with van der Waals surface area (Å²) in [6, 6.07) is 0. The zero-order valence-corrected chi connectivity index (χ0v) is 13.7. The van der Waals surface area contributed by atoms with Gasteiger partial charge in [0.25, 0.3) is 0 Å². The third kappa shape index (κ3) is 3.11. The molecule has 0 amide bonds. The van der Waals surface area contributed by atoms with Crippen LogP contribution in [0, 0.1) is 6.92 Å². The van der Waals surface area contributed by atoms with E-state index in [-0.39, 0.29) is 0 Å². The molecule has 6 heteroatoms. The number of nitrogens with zero attached hydrogens (tertiary/aromatic N) is 2. The lowest BCUT2D eigenvalue weighted by Gasteiger charge is -2.29. The van der Waals surface area contributed by atoms with Crippen molar-refractivity contribution in [3.8, 4) is 0 Å². The van der Waals surface area contributed by atoms with E-state index in [0.717, 1.165) is 22.4 Å². The maximum absolute atomic E-state index is 6.12. The maximum Gasteiger partial charge on any atom is 0.147 e. The predicted octanol–water partition coefficient (Wildman–Crippen LogP) is 4.50. The van der Waals surface area contributed by atoms with Crippen molar-refractivity contribution < 1.29 is 0 Å². The molecule has 2 heterocycles. The number of thioether (sulfide) groups is 2. The summed E-state index contributed by atoms with van der Waals surface area (Å²) in [5.41, 5.74) is 0.922. The molecule has 1 saturated heterocycles. The van der Waals surface area contributed by atoms with Gasteiger partial charge in [0.1, 0.15) is 11.0 Å².